The first-order chi connectivity index (χ1) is 13.0. The van der Waals surface area contributed by atoms with Crippen LogP contribution in [-0.2, 0) is 4.79 Å². The molecule has 5 heteroatoms. The first kappa shape index (κ1) is 24.8. The summed E-state index contributed by atoms with van der Waals surface area (Å²) in [5.74, 6) is -1.000. The summed E-state index contributed by atoms with van der Waals surface area (Å²) in [5, 5.41) is 37.4. The van der Waals surface area contributed by atoms with Gasteiger partial charge in [0.1, 0.15) is 0 Å². The minimum atomic E-state index is -1.08. The van der Waals surface area contributed by atoms with Gasteiger partial charge >= 0.3 is 5.97 Å². The smallest absolute Gasteiger partial charge is 0.303 e. The molecule has 5 nitrogen and oxygen atoms in total. The molecule has 0 saturated heterocycles. The summed E-state index contributed by atoms with van der Waals surface area (Å²) >= 11 is 0. The van der Waals surface area contributed by atoms with Crippen molar-refractivity contribution in [3.05, 3.63) is 72.9 Å². The molecular weight excluding hydrogens is 344 g/mol. The number of hydrogen-bond donors (Lipinski definition) is 4. The van der Waals surface area contributed by atoms with Crippen molar-refractivity contribution >= 4 is 5.97 Å². The second-order valence-electron chi connectivity index (χ2n) is 5.92. The van der Waals surface area contributed by atoms with Crippen LogP contribution in [-0.4, -0.2) is 44.7 Å². The Hall–Kier alpha value is -2.21. The van der Waals surface area contributed by atoms with Crippen molar-refractivity contribution in [1.82, 2.24) is 0 Å². The van der Waals surface area contributed by atoms with Crippen LogP contribution < -0.4 is 0 Å². The highest BCUT2D eigenvalue weighted by Crippen LogP contribution is 2.04. The van der Waals surface area contributed by atoms with Crippen molar-refractivity contribution in [1.29, 1.82) is 0 Å². The Morgan fingerprint density at radius 2 is 1.48 bits per heavy atom. The van der Waals surface area contributed by atoms with Gasteiger partial charge in [0.25, 0.3) is 0 Å². The molecule has 0 spiro atoms. The first-order valence-corrected chi connectivity index (χ1v) is 9.21. The van der Waals surface area contributed by atoms with Crippen molar-refractivity contribution in [3.63, 3.8) is 0 Å². The second-order valence-corrected chi connectivity index (χ2v) is 5.92. The fraction of sp³-hybridized carbons (Fsp3) is 0.409. The monoisotopic (exact) mass is 376 g/mol. The maximum atomic E-state index is 10.4. The third-order valence-electron chi connectivity index (χ3n) is 3.46. The number of aliphatic hydroxyl groups excluding tert-OH is 3. The average molecular weight is 376 g/mol. The molecule has 0 aromatic rings. The minimum Gasteiger partial charge on any atom is -0.481 e. The summed E-state index contributed by atoms with van der Waals surface area (Å²) < 4.78 is 0. The van der Waals surface area contributed by atoms with Gasteiger partial charge in [-0.1, -0.05) is 79.8 Å². The van der Waals surface area contributed by atoms with Crippen molar-refractivity contribution in [2.24, 2.45) is 0 Å². The summed E-state index contributed by atoms with van der Waals surface area (Å²) in [7, 11) is 0. The van der Waals surface area contributed by atoms with Crippen LogP contribution in [0.1, 0.15) is 39.0 Å². The number of carbonyl (C=O) groups is 1. The molecule has 1 unspecified atom stereocenters. The van der Waals surface area contributed by atoms with Gasteiger partial charge in [0, 0.05) is 6.42 Å². The van der Waals surface area contributed by atoms with Crippen LogP contribution in [0.15, 0.2) is 72.9 Å². The lowest BCUT2D eigenvalue weighted by molar-refractivity contribution is -0.137. The van der Waals surface area contributed by atoms with Gasteiger partial charge < -0.3 is 20.4 Å². The predicted octanol–water partition coefficient (Wildman–Crippen LogP) is 3.46. The van der Waals surface area contributed by atoms with Crippen LogP contribution in [0.4, 0.5) is 0 Å². The highest BCUT2D eigenvalue weighted by molar-refractivity contribution is 5.66. The Kier molecular flexibility index (Phi) is 15.8. The Morgan fingerprint density at radius 1 is 0.852 bits per heavy atom. The molecule has 3 atom stereocenters. The van der Waals surface area contributed by atoms with Crippen molar-refractivity contribution in [3.8, 4) is 0 Å². The van der Waals surface area contributed by atoms with Gasteiger partial charge in [0.2, 0.25) is 0 Å². The van der Waals surface area contributed by atoms with Crippen LogP contribution in [0.3, 0.4) is 0 Å². The summed E-state index contributed by atoms with van der Waals surface area (Å²) in [6.07, 6.45) is 21.3. The Labute approximate surface area is 162 Å². The molecule has 0 aliphatic heterocycles. The number of carboxylic acids is 1. The van der Waals surface area contributed by atoms with Crippen LogP contribution in [0.5, 0.6) is 0 Å². The summed E-state index contributed by atoms with van der Waals surface area (Å²) in [6.45, 7) is 2.05. The van der Waals surface area contributed by atoms with E-state index in [1.807, 2.05) is 42.5 Å². The van der Waals surface area contributed by atoms with Gasteiger partial charge in [0.15, 0.2) is 0 Å². The average Bonchev–Trinajstić information content (AvgIpc) is 2.64. The van der Waals surface area contributed by atoms with Crippen molar-refractivity contribution in [2.45, 2.75) is 57.3 Å². The van der Waals surface area contributed by atoms with Gasteiger partial charge in [-0.15, -0.1) is 0 Å². The largest absolute Gasteiger partial charge is 0.481 e. The third kappa shape index (κ3) is 17.0. The molecule has 150 valence electrons. The fourth-order valence-electron chi connectivity index (χ4n) is 1.94. The predicted molar refractivity (Wildman–Crippen MR) is 109 cm³/mol. The highest BCUT2D eigenvalue weighted by atomic mass is 16.4. The lowest BCUT2D eigenvalue weighted by Gasteiger charge is -2.12. The van der Waals surface area contributed by atoms with E-state index in [-0.39, 0.29) is 12.8 Å². The van der Waals surface area contributed by atoms with E-state index in [1.54, 1.807) is 24.3 Å². The lowest BCUT2D eigenvalue weighted by Crippen LogP contribution is -2.24. The SMILES string of the molecule is CCC=CC[C@@H](O)C=CC=CCC=CC=CC=CC(O)[C@@H](O)CCC(=O)O. The van der Waals surface area contributed by atoms with E-state index >= 15 is 0 Å². The molecule has 0 aromatic heterocycles. The molecule has 0 aromatic carbocycles. The summed E-state index contributed by atoms with van der Waals surface area (Å²) in [6, 6.07) is 0. The number of rotatable bonds is 14. The van der Waals surface area contributed by atoms with Crippen LogP contribution in [0.25, 0.3) is 0 Å². The van der Waals surface area contributed by atoms with Gasteiger partial charge in [0.05, 0.1) is 18.3 Å². The molecule has 0 aliphatic carbocycles. The molecular formula is C22H32O5. The Balaban J connectivity index is 3.98. The molecule has 0 aliphatic rings. The van der Waals surface area contributed by atoms with Crippen LogP contribution in [0, 0.1) is 0 Å². The quantitative estimate of drug-likeness (QED) is 0.275. The molecule has 0 saturated carbocycles. The molecule has 0 fully saturated rings. The molecule has 0 amide bonds. The van der Waals surface area contributed by atoms with Gasteiger partial charge in [-0.3, -0.25) is 4.79 Å². The van der Waals surface area contributed by atoms with E-state index in [2.05, 4.69) is 6.92 Å². The number of aliphatic hydroxyl groups is 3. The van der Waals surface area contributed by atoms with E-state index in [0.717, 1.165) is 12.8 Å². The zero-order chi connectivity index (χ0) is 20.3. The zero-order valence-electron chi connectivity index (χ0n) is 15.9. The van der Waals surface area contributed by atoms with E-state index in [0.29, 0.717) is 6.42 Å². The van der Waals surface area contributed by atoms with E-state index < -0.39 is 24.3 Å². The van der Waals surface area contributed by atoms with Gasteiger partial charge in [-0.2, -0.15) is 0 Å². The Bertz CT molecular complexity index is 555. The highest BCUT2D eigenvalue weighted by Gasteiger charge is 2.13. The summed E-state index contributed by atoms with van der Waals surface area (Å²) in [5.41, 5.74) is 0. The number of aliphatic carboxylic acids is 1. The standard InChI is InChI=1S/C22H32O5/c1-2-3-11-14-19(23)15-12-9-7-5-4-6-8-10-13-16-20(24)21(25)17-18-22(26)27/h3-4,6-13,15-16,19-21,23-25H,2,5,14,17-18H2,1H3,(H,26,27)/t19-,20?,21+/m1/s1. The molecule has 0 bridgehead atoms. The maximum absolute atomic E-state index is 10.4. The lowest BCUT2D eigenvalue weighted by atomic mass is 10.1. The van der Waals surface area contributed by atoms with Crippen LogP contribution >= 0.6 is 0 Å². The molecule has 0 rings (SSSR count). The van der Waals surface area contributed by atoms with E-state index in [1.165, 1.54) is 6.08 Å². The Morgan fingerprint density at radius 3 is 2.15 bits per heavy atom. The van der Waals surface area contributed by atoms with E-state index in [9.17, 15) is 20.1 Å². The minimum absolute atomic E-state index is 0.0116. The number of carboxylic acid groups (broad SMARTS) is 1. The molecule has 27 heavy (non-hydrogen) atoms. The van der Waals surface area contributed by atoms with Crippen molar-refractivity contribution < 1.29 is 25.2 Å². The zero-order valence-corrected chi connectivity index (χ0v) is 15.9. The number of allylic oxidation sites excluding steroid dienone is 9. The molecule has 4 N–H and O–H groups in total. The topological polar surface area (TPSA) is 98.0 Å². The number of hydrogen-bond acceptors (Lipinski definition) is 4. The fourth-order valence-corrected chi connectivity index (χ4v) is 1.94. The normalized spacial score (nSPS) is 16.6. The van der Waals surface area contributed by atoms with Gasteiger partial charge in [-0.25, -0.2) is 0 Å². The maximum Gasteiger partial charge on any atom is 0.303 e. The summed E-state index contributed by atoms with van der Waals surface area (Å²) in [4.78, 5) is 10.4. The third-order valence-corrected chi connectivity index (χ3v) is 3.46. The van der Waals surface area contributed by atoms with Crippen LogP contribution in [0.2, 0.25) is 0 Å². The van der Waals surface area contributed by atoms with Crippen molar-refractivity contribution in [2.75, 3.05) is 0 Å². The molecule has 0 radical (unpaired) electrons. The molecule has 0 heterocycles. The first-order valence-electron chi connectivity index (χ1n) is 9.21. The second kappa shape index (κ2) is 17.2. The van der Waals surface area contributed by atoms with E-state index in [4.69, 9.17) is 5.11 Å². The van der Waals surface area contributed by atoms with Gasteiger partial charge in [-0.05, 0) is 25.7 Å².